The molecule has 4 aromatic rings. The zero-order chi connectivity index (χ0) is 21.4. The van der Waals surface area contributed by atoms with E-state index in [0.29, 0.717) is 37.8 Å². The molecule has 0 amide bonds. The Bertz CT molecular complexity index is 1270. The summed E-state index contributed by atoms with van der Waals surface area (Å²) in [5.74, 6) is 2.21. The highest BCUT2D eigenvalue weighted by molar-refractivity contribution is 7.22. The number of pyridine rings is 1. The van der Waals surface area contributed by atoms with Gasteiger partial charge in [0, 0.05) is 39.0 Å². The molecule has 3 heterocycles. The lowest BCUT2D eigenvalue weighted by atomic mass is 10.1. The predicted molar refractivity (Wildman–Crippen MR) is 122 cm³/mol. The number of nitrogens with zero attached hydrogens (tertiary/aromatic N) is 7. The smallest absolute Gasteiger partial charge is 0.153 e. The van der Waals surface area contributed by atoms with Crippen LogP contribution < -0.4 is 9.80 Å². The first-order chi connectivity index (χ1) is 14.4. The Morgan fingerprint density at radius 3 is 2.37 bits per heavy atom. The molecule has 3 aromatic heterocycles. The fourth-order valence-electron chi connectivity index (χ4n) is 2.90. The standard InChI is InChI=1S/C20H15Cl2N7S/c1-28(2)15-8-16(26-10-25-15)29(3)19-18-14(4-5-24-19)27-20(30-18)17-12(21)6-11(9-23)7-13(17)22/h4-8,10H,1-3H3. The number of aromatic nitrogens is 4. The Balaban J connectivity index is 1.83. The Labute approximate surface area is 187 Å². The zero-order valence-corrected chi connectivity index (χ0v) is 18.6. The minimum Gasteiger partial charge on any atom is -0.363 e. The maximum atomic E-state index is 9.11. The van der Waals surface area contributed by atoms with Gasteiger partial charge in [0.25, 0.3) is 0 Å². The van der Waals surface area contributed by atoms with Crippen LogP contribution in [0.4, 0.5) is 17.5 Å². The van der Waals surface area contributed by atoms with E-state index < -0.39 is 0 Å². The normalized spacial score (nSPS) is 10.8. The molecule has 0 aliphatic rings. The zero-order valence-electron chi connectivity index (χ0n) is 16.3. The van der Waals surface area contributed by atoms with Crippen LogP contribution >= 0.6 is 34.5 Å². The third kappa shape index (κ3) is 3.63. The van der Waals surface area contributed by atoms with Crippen molar-refractivity contribution in [2.45, 2.75) is 0 Å². The molecule has 4 rings (SSSR count). The molecule has 0 saturated carbocycles. The number of hydrogen-bond acceptors (Lipinski definition) is 8. The fraction of sp³-hybridized carbons (Fsp3) is 0.150. The summed E-state index contributed by atoms with van der Waals surface area (Å²) in [7, 11) is 5.74. The van der Waals surface area contributed by atoms with E-state index in [0.717, 1.165) is 16.0 Å². The minimum atomic E-state index is 0.382. The highest BCUT2D eigenvalue weighted by Crippen LogP contribution is 2.42. The molecular formula is C20H15Cl2N7S. The van der Waals surface area contributed by atoms with Gasteiger partial charge in [-0.25, -0.2) is 19.9 Å². The van der Waals surface area contributed by atoms with Gasteiger partial charge in [0.05, 0.1) is 31.9 Å². The number of halogens is 2. The van der Waals surface area contributed by atoms with E-state index in [1.54, 1.807) is 18.3 Å². The van der Waals surface area contributed by atoms with Gasteiger partial charge in [-0.3, -0.25) is 0 Å². The molecule has 30 heavy (non-hydrogen) atoms. The molecular weight excluding hydrogens is 441 g/mol. The summed E-state index contributed by atoms with van der Waals surface area (Å²) in [5.41, 5.74) is 1.77. The van der Waals surface area contributed by atoms with Gasteiger partial charge in [-0.2, -0.15) is 5.26 Å². The molecule has 0 unspecified atom stereocenters. The molecule has 0 radical (unpaired) electrons. The highest BCUT2D eigenvalue weighted by atomic mass is 35.5. The third-order valence-electron chi connectivity index (χ3n) is 4.43. The van der Waals surface area contributed by atoms with Gasteiger partial charge in [0.1, 0.15) is 23.0 Å². The lowest BCUT2D eigenvalue weighted by Crippen LogP contribution is -2.16. The molecule has 0 atom stereocenters. The van der Waals surface area contributed by atoms with Crippen molar-refractivity contribution < 1.29 is 0 Å². The minimum absolute atomic E-state index is 0.382. The lowest BCUT2D eigenvalue weighted by Gasteiger charge is -2.19. The summed E-state index contributed by atoms with van der Waals surface area (Å²) >= 11 is 14.2. The van der Waals surface area contributed by atoms with Crippen molar-refractivity contribution in [2.24, 2.45) is 0 Å². The van der Waals surface area contributed by atoms with E-state index in [4.69, 9.17) is 33.4 Å². The van der Waals surface area contributed by atoms with Crippen LogP contribution in [0.3, 0.4) is 0 Å². The molecule has 10 heteroatoms. The SMILES string of the molecule is CN(C)c1cc(N(C)c2nccc3nc(-c4c(Cl)cc(C#N)cc4Cl)sc23)ncn1. The van der Waals surface area contributed by atoms with Gasteiger partial charge >= 0.3 is 0 Å². The molecule has 150 valence electrons. The Kier molecular flexibility index (Phi) is 5.43. The largest absolute Gasteiger partial charge is 0.363 e. The number of thiazole rings is 1. The van der Waals surface area contributed by atoms with Crippen LogP contribution in [-0.2, 0) is 0 Å². The van der Waals surface area contributed by atoms with Crippen molar-refractivity contribution in [1.29, 1.82) is 5.26 Å². The van der Waals surface area contributed by atoms with Crippen molar-refractivity contribution in [3.63, 3.8) is 0 Å². The predicted octanol–water partition coefficient (Wildman–Crippen LogP) is 5.16. The van der Waals surface area contributed by atoms with Gasteiger partial charge in [0.2, 0.25) is 0 Å². The highest BCUT2D eigenvalue weighted by Gasteiger charge is 2.19. The van der Waals surface area contributed by atoms with E-state index >= 15 is 0 Å². The summed E-state index contributed by atoms with van der Waals surface area (Å²) in [6.07, 6.45) is 3.23. The topological polar surface area (TPSA) is 81.8 Å². The average molecular weight is 456 g/mol. The van der Waals surface area contributed by atoms with Crippen LogP contribution in [0.5, 0.6) is 0 Å². The molecule has 1 aromatic carbocycles. The Morgan fingerprint density at radius 2 is 1.70 bits per heavy atom. The van der Waals surface area contributed by atoms with E-state index in [1.165, 1.54) is 17.7 Å². The Hall–Kier alpha value is -2.99. The van der Waals surface area contributed by atoms with Crippen molar-refractivity contribution >= 4 is 62.2 Å². The number of rotatable bonds is 4. The number of fused-ring (bicyclic) bond motifs is 1. The summed E-state index contributed by atoms with van der Waals surface area (Å²) in [6.45, 7) is 0. The first kappa shape index (κ1) is 20.3. The quantitative estimate of drug-likeness (QED) is 0.420. The monoisotopic (exact) mass is 455 g/mol. The number of anilines is 3. The number of benzene rings is 1. The first-order valence-corrected chi connectivity index (χ1v) is 10.3. The second kappa shape index (κ2) is 8.03. The van der Waals surface area contributed by atoms with Crippen LogP contribution in [0, 0.1) is 11.3 Å². The van der Waals surface area contributed by atoms with Crippen molar-refractivity contribution in [2.75, 3.05) is 30.9 Å². The average Bonchev–Trinajstić information content (AvgIpc) is 3.16. The van der Waals surface area contributed by atoms with E-state index in [2.05, 4.69) is 21.0 Å². The second-order valence-corrected chi connectivity index (χ2v) is 8.43. The molecule has 0 aliphatic heterocycles. The van der Waals surface area contributed by atoms with Crippen LogP contribution in [0.2, 0.25) is 10.0 Å². The molecule has 0 N–H and O–H groups in total. The summed E-state index contributed by atoms with van der Waals surface area (Å²) in [4.78, 5) is 21.7. The van der Waals surface area contributed by atoms with Crippen molar-refractivity contribution in [3.05, 3.63) is 52.4 Å². The van der Waals surface area contributed by atoms with Crippen molar-refractivity contribution in [3.8, 4) is 16.6 Å². The molecule has 0 saturated heterocycles. The van der Waals surface area contributed by atoms with Gasteiger partial charge in [-0.15, -0.1) is 11.3 Å². The van der Waals surface area contributed by atoms with Gasteiger partial charge in [0.15, 0.2) is 5.82 Å². The molecule has 0 bridgehead atoms. The van der Waals surface area contributed by atoms with Crippen LogP contribution in [0.25, 0.3) is 20.8 Å². The lowest BCUT2D eigenvalue weighted by molar-refractivity contribution is 1.01. The van der Waals surface area contributed by atoms with Gasteiger partial charge in [-0.05, 0) is 18.2 Å². The second-order valence-electron chi connectivity index (χ2n) is 6.62. The van der Waals surface area contributed by atoms with E-state index in [9.17, 15) is 0 Å². The third-order valence-corrected chi connectivity index (χ3v) is 6.11. The fourth-order valence-corrected chi connectivity index (χ4v) is 4.84. The molecule has 0 aliphatic carbocycles. The van der Waals surface area contributed by atoms with Gasteiger partial charge in [-0.1, -0.05) is 23.2 Å². The molecule has 0 spiro atoms. The van der Waals surface area contributed by atoms with Crippen LogP contribution in [0.15, 0.2) is 36.8 Å². The number of nitriles is 1. The number of hydrogen-bond donors (Lipinski definition) is 0. The first-order valence-electron chi connectivity index (χ1n) is 8.77. The molecule has 7 nitrogen and oxygen atoms in total. The maximum absolute atomic E-state index is 9.11. The maximum Gasteiger partial charge on any atom is 0.153 e. The van der Waals surface area contributed by atoms with Crippen LogP contribution in [-0.4, -0.2) is 41.1 Å². The molecule has 0 fully saturated rings. The van der Waals surface area contributed by atoms with E-state index in [-0.39, 0.29) is 0 Å². The van der Waals surface area contributed by atoms with Crippen molar-refractivity contribution in [1.82, 2.24) is 19.9 Å². The van der Waals surface area contributed by atoms with E-state index in [1.807, 2.05) is 43.1 Å². The summed E-state index contributed by atoms with van der Waals surface area (Å²) in [5, 5.41) is 10.5. The summed E-state index contributed by atoms with van der Waals surface area (Å²) < 4.78 is 0.872. The van der Waals surface area contributed by atoms with Gasteiger partial charge < -0.3 is 9.80 Å². The van der Waals surface area contributed by atoms with Crippen LogP contribution in [0.1, 0.15) is 5.56 Å². The Morgan fingerprint density at radius 1 is 1.00 bits per heavy atom. The summed E-state index contributed by atoms with van der Waals surface area (Å²) in [6, 6.07) is 8.95.